The number of rotatable bonds is 7. The highest BCUT2D eigenvalue weighted by atomic mass is 19.3. The summed E-state index contributed by atoms with van der Waals surface area (Å²) >= 11 is 0. The maximum absolute atomic E-state index is 12.9. The molecule has 10 heteroatoms. The van der Waals surface area contributed by atoms with Crippen molar-refractivity contribution in [2.24, 2.45) is 5.92 Å². The molecular formula is C19H21F2N5O3. The first kappa shape index (κ1) is 19.3. The molecule has 1 fully saturated rings. The quantitative estimate of drug-likeness (QED) is 0.646. The van der Waals surface area contributed by atoms with Gasteiger partial charge >= 0.3 is 6.61 Å². The highest BCUT2D eigenvalue weighted by Gasteiger charge is 2.19. The van der Waals surface area contributed by atoms with Crippen LogP contribution in [0.15, 0.2) is 30.7 Å². The lowest BCUT2D eigenvalue weighted by Gasteiger charge is -2.22. The first-order chi connectivity index (χ1) is 14.2. The number of alkyl halides is 2. The number of hydrogen-bond donors (Lipinski definition) is 1. The van der Waals surface area contributed by atoms with Crippen LogP contribution in [0.1, 0.15) is 12.8 Å². The van der Waals surface area contributed by atoms with Crippen molar-refractivity contribution in [1.29, 1.82) is 0 Å². The number of ether oxygens (including phenoxy) is 3. The van der Waals surface area contributed by atoms with Crippen LogP contribution in [0.3, 0.4) is 0 Å². The van der Waals surface area contributed by atoms with Crippen molar-refractivity contribution in [3.8, 4) is 22.8 Å². The van der Waals surface area contributed by atoms with Gasteiger partial charge in [0.1, 0.15) is 23.5 Å². The molecule has 0 amide bonds. The number of aromatic nitrogens is 4. The average molecular weight is 405 g/mol. The number of hydrogen-bond acceptors (Lipinski definition) is 7. The summed E-state index contributed by atoms with van der Waals surface area (Å²) in [6.45, 7) is -0.702. The van der Waals surface area contributed by atoms with Crippen molar-refractivity contribution in [3.63, 3.8) is 0 Å². The smallest absolute Gasteiger partial charge is 0.387 e. The van der Waals surface area contributed by atoms with Crippen LogP contribution in [-0.4, -0.2) is 53.1 Å². The van der Waals surface area contributed by atoms with E-state index in [1.165, 1.54) is 13.2 Å². The predicted molar refractivity (Wildman–Crippen MR) is 101 cm³/mol. The molecule has 3 heterocycles. The van der Waals surface area contributed by atoms with Gasteiger partial charge in [0.05, 0.1) is 18.8 Å². The highest BCUT2D eigenvalue weighted by molar-refractivity contribution is 5.81. The van der Waals surface area contributed by atoms with Crippen molar-refractivity contribution >= 4 is 11.5 Å². The summed E-state index contributed by atoms with van der Waals surface area (Å²) < 4.78 is 42.8. The molecule has 0 atom stereocenters. The van der Waals surface area contributed by atoms with Gasteiger partial charge in [0.15, 0.2) is 0 Å². The van der Waals surface area contributed by atoms with Gasteiger partial charge in [0, 0.05) is 31.4 Å². The van der Waals surface area contributed by atoms with Gasteiger partial charge in [0.25, 0.3) is 0 Å². The van der Waals surface area contributed by atoms with Crippen LogP contribution in [-0.2, 0) is 4.74 Å². The molecule has 4 rings (SSSR count). The van der Waals surface area contributed by atoms with Crippen LogP contribution in [0.5, 0.6) is 11.5 Å². The topological polar surface area (TPSA) is 82.8 Å². The minimum absolute atomic E-state index is 0.0420. The minimum Gasteiger partial charge on any atom is -0.497 e. The second-order valence-electron chi connectivity index (χ2n) is 6.70. The number of nitrogens with zero attached hydrogens (tertiary/aromatic N) is 4. The average Bonchev–Trinajstić information content (AvgIpc) is 3.23. The summed E-state index contributed by atoms with van der Waals surface area (Å²) in [4.78, 5) is 4.18. The van der Waals surface area contributed by atoms with E-state index < -0.39 is 6.61 Å². The molecule has 1 aliphatic rings. The van der Waals surface area contributed by atoms with E-state index in [2.05, 4.69) is 25.2 Å². The van der Waals surface area contributed by atoms with Gasteiger partial charge in [-0.2, -0.15) is 8.78 Å². The van der Waals surface area contributed by atoms with Crippen LogP contribution in [0, 0.1) is 5.92 Å². The van der Waals surface area contributed by atoms with E-state index in [0.29, 0.717) is 34.4 Å². The van der Waals surface area contributed by atoms with E-state index in [1.54, 1.807) is 29.1 Å². The van der Waals surface area contributed by atoms with Crippen LogP contribution in [0.2, 0.25) is 0 Å². The molecule has 0 aliphatic carbocycles. The molecule has 1 N–H and O–H groups in total. The van der Waals surface area contributed by atoms with Gasteiger partial charge in [0.2, 0.25) is 5.95 Å². The first-order valence-corrected chi connectivity index (χ1v) is 9.29. The zero-order chi connectivity index (χ0) is 20.2. The van der Waals surface area contributed by atoms with Crippen LogP contribution in [0.25, 0.3) is 16.8 Å². The van der Waals surface area contributed by atoms with Crippen LogP contribution < -0.4 is 14.8 Å². The minimum atomic E-state index is -2.98. The standard InChI is InChI=1S/C19H21F2N5O3/c1-27-13-2-3-14(16(8-13)29-18(20)21)17-15-10-22-11-26(15)19(25-24-17)23-9-12-4-6-28-7-5-12/h2-3,8,10-12,18H,4-7,9H2,1H3,(H,23,25). The Labute approximate surface area is 165 Å². The third kappa shape index (κ3) is 4.21. The van der Waals surface area contributed by atoms with Crippen LogP contribution >= 0.6 is 0 Å². The van der Waals surface area contributed by atoms with Gasteiger partial charge in [-0.3, -0.25) is 4.40 Å². The Morgan fingerprint density at radius 1 is 1.28 bits per heavy atom. The fourth-order valence-corrected chi connectivity index (χ4v) is 3.35. The van der Waals surface area contributed by atoms with E-state index in [0.717, 1.165) is 32.6 Å². The lowest BCUT2D eigenvalue weighted by Crippen LogP contribution is -2.23. The fourth-order valence-electron chi connectivity index (χ4n) is 3.35. The second kappa shape index (κ2) is 8.56. The molecule has 0 spiro atoms. The van der Waals surface area contributed by atoms with Crippen molar-refractivity contribution in [2.75, 3.05) is 32.2 Å². The Kier molecular flexibility index (Phi) is 5.70. The SMILES string of the molecule is COc1ccc(-c2nnc(NCC3CCOCC3)n3cncc23)c(OC(F)F)c1. The van der Waals surface area contributed by atoms with Crippen molar-refractivity contribution in [1.82, 2.24) is 19.6 Å². The molecule has 2 aromatic heterocycles. The molecule has 0 saturated carbocycles. The Morgan fingerprint density at radius 2 is 2.10 bits per heavy atom. The number of anilines is 1. The lowest BCUT2D eigenvalue weighted by molar-refractivity contribution is -0.0495. The van der Waals surface area contributed by atoms with Crippen molar-refractivity contribution in [3.05, 3.63) is 30.7 Å². The Hall–Kier alpha value is -3.01. The number of nitrogens with one attached hydrogen (secondary N) is 1. The van der Waals surface area contributed by atoms with Gasteiger partial charge in [-0.25, -0.2) is 4.98 Å². The Balaban J connectivity index is 1.66. The van der Waals surface area contributed by atoms with E-state index in [-0.39, 0.29) is 5.75 Å². The predicted octanol–water partition coefficient (Wildman–Crippen LogP) is 3.24. The molecule has 1 saturated heterocycles. The summed E-state index contributed by atoms with van der Waals surface area (Å²) in [6.07, 6.45) is 5.20. The third-order valence-corrected chi connectivity index (χ3v) is 4.90. The molecule has 1 aliphatic heterocycles. The highest BCUT2D eigenvalue weighted by Crippen LogP contribution is 2.35. The number of imidazole rings is 1. The summed E-state index contributed by atoms with van der Waals surface area (Å²) in [5.41, 5.74) is 1.39. The molecule has 0 unspecified atom stereocenters. The molecule has 0 bridgehead atoms. The van der Waals surface area contributed by atoms with Crippen LogP contribution in [0.4, 0.5) is 14.7 Å². The third-order valence-electron chi connectivity index (χ3n) is 4.90. The van der Waals surface area contributed by atoms with Gasteiger partial charge < -0.3 is 19.5 Å². The zero-order valence-corrected chi connectivity index (χ0v) is 15.8. The summed E-state index contributed by atoms with van der Waals surface area (Å²) in [7, 11) is 1.45. The molecule has 0 radical (unpaired) electrons. The lowest BCUT2D eigenvalue weighted by atomic mass is 10.0. The number of benzene rings is 1. The Morgan fingerprint density at radius 3 is 2.86 bits per heavy atom. The van der Waals surface area contributed by atoms with E-state index >= 15 is 0 Å². The molecule has 154 valence electrons. The first-order valence-electron chi connectivity index (χ1n) is 9.29. The molecule has 1 aromatic carbocycles. The van der Waals surface area contributed by atoms with E-state index in [1.807, 2.05) is 0 Å². The summed E-state index contributed by atoms with van der Waals surface area (Å²) in [5, 5.41) is 11.8. The Bertz CT molecular complexity index is 976. The molecular weight excluding hydrogens is 384 g/mol. The van der Waals surface area contributed by atoms with E-state index in [4.69, 9.17) is 9.47 Å². The van der Waals surface area contributed by atoms with Gasteiger partial charge in [-0.1, -0.05) is 0 Å². The number of halogens is 2. The number of fused-ring (bicyclic) bond motifs is 1. The van der Waals surface area contributed by atoms with Gasteiger partial charge in [-0.05, 0) is 30.9 Å². The molecule has 29 heavy (non-hydrogen) atoms. The summed E-state index contributed by atoms with van der Waals surface area (Å²) in [5.74, 6) is 1.39. The normalized spacial score (nSPS) is 15.0. The van der Waals surface area contributed by atoms with Gasteiger partial charge in [-0.15, -0.1) is 10.2 Å². The monoisotopic (exact) mass is 405 g/mol. The molecule has 8 nitrogen and oxygen atoms in total. The summed E-state index contributed by atoms with van der Waals surface area (Å²) in [6, 6.07) is 4.66. The second-order valence-corrected chi connectivity index (χ2v) is 6.70. The maximum Gasteiger partial charge on any atom is 0.387 e. The van der Waals surface area contributed by atoms with E-state index in [9.17, 15) is 8.78 Å². The maximum atomic E-state index is 12.9. The van der Waals surface area contributed by atoms with Crippen molar-refractivity contribution in [2.45, 2.75) is 19.5 Å². The van der Waals surface area contributed by atoms with Crippen molar-refractivity contribution < 1.29 is 23.0 Å². The molecule has 3 aromatic rings. The fraction of sp³-hybridized carbons (Fsp3) is 0.421. The number of methoxy groups -OCH3 is 1. The zero-order valence-electron chi connectivity index (χ0n) is 15.8. The largest absolute Gasteiger partial charge is 0.497 e.